The lowest BCUT2D eigenvalue weighted by atomic mass is 10.0. The molecule has 1 unspecified atom stereocenters. The molecule has 1 N–H and O–H groups in total. The Morgan fingerprint density at radius 2 is 2.00 bits per heavy atom. The van der Waals surface area contributed by atoms with Crippen molar-refractivity contribution < 1.29 is 9.90 Å². The Labute approximate surface area is 151 Å². The van der Waals surface area contributed by atoms with Crippen LogP contribution in [0.2, 0.25) is 0 Å². The number of benzene rings is 1. The lowest BCUT2D eigenvalue weighted by Gasteiger charge is -2.34. The van der Waals surface area contributed by atoms with Crippen molar-refractivity contribution in [2.24, 2.45) is 0 Å². The first-order valence-corrected chi connectivity index (χ1v) is 9.64. The number of rotatable bonds is 4. The lowest BCUT2D eigenvalue weighted by Crippen LogP contribution is -2.46. The summed E-state index contributed by atoms with van der Waals surface area (Å²) in [5.74, 6) is 0.604. The molecule has 2 fully saturated rings. The van der Waals surface area contributed by atoms with Gasteiger partial charge in [-0.1, -0.05) is 18.6 Å². The second-order valence-corrected chi connectivity index (χ2v) is 7.50. The third kappa shape index (κ3) is 5.19. The number of aromatic hydroxyl groups is 1. The van der Waals surface area contributed by atoms with Gasteiger partial charge in [-0.05, 0) is 50.4 Å². The molecule has 1 aromatic rings. The van der Waals surface area contributed by atoms with Gasteiger partial charge in [0.05, 0.1) is 6.54 Å². The molecule has 0 spiro atoms. The van der Waals surface area contributed by atoms with Gasteiger partial charge in [0, 0.05) is 38.8 Å². The summed E-state index contributed by atoms with van der Waals surface area (Å²) in [5.41, 5.74) is 1.13. The molecular formula is C20H31N3O2. The molecular weight excluding hydrogens is 314 g/mol. The molecule has 2 aliphatic rings. The summed E-state index contributed by atoms with van der Waals surface area (Å²) in [5, 5.41) is 9.61. The fourth-order valence-electron chi connectivity index (χ4n) is 3.96. The van der Waals surface area contributed by atoms with Crippen LogP contribution in [-0.2, 0) is 11.3 Å². The number of hydrogen-bond acceptors (Lipinski definition) is 4. The minimum Gasteiger partial charge on any atom is -0.508 e. The molecule has 0 radical (unpaired) electrons. The van der Waals surface area contributed by atoms with Gasteiger partial charge in [0.15, 0.2) is 0 Å². The summed E-state index contributed by atoms with van der Waals surface area (Å²) in [6.07, 6.45) is 4.74. The van der Waals surface area contributed by atoms with Crippen molar-refractivity contribution in [2.75, 3.05) is 39.3 Å². The third-order valence-electron chi connectivity index (χ3n) is 5.54. The second-order valence-electron chi connectivity index (χ2n) is 7.50. The third-order valence-corrected chi connectivity index (χ3v) is 5.54. The van der Waals surface area contributed by atoms with Gasteiger partial charge in [0.1, 0.15) is 5.75 Å². The Balaban J connectivity index is 1.49. The summed E-state index contributed by atoms with van der Waals surface area (Å²) >= 11 is 0. The average molecular weight is 345 g/mol. The molecule has 2 aliphatic heterocycles. The highest BCUT2D eigenvalue weighted by Gasteiger charge is 2.24. The number of carbonyl (C=O) groups is 1. The lowest BCUT2D eigenvalue weighted by molar-refractivity contribution is -0.133. The average Bonchev–Trinajstić information content (AvgIpc) is 2.83. The van der Waals surface area contributed by atoms with Gasteiger partial charge in [-0.15, -0.1) is 0 Å². The predicted octanol–water partition coefficient (Wildman–Crippen LogP) is 2.30. The summed E-state index contributed by atoms with van der Waals surface area (Å²) in [7, 11) is 0. The molecule has 2 saturated heterocycles. The number of piperidine rings is 1. The SMILES string of the molecule is CC1CCCCN1CC(=O)N1CCCN(Cc2cccc(O)c2)CC1. The zero-order valence-electron chi connectivity index (χ0n) is 15.4. The highest BCUT2D eigenvalue weighted by molar-refractivity contribution is 5.78. The van der Waals surface area contributed by atoms with Crippen molar-refractivity contribution >= 4 is 5.91 Å². The first-order chi connectivity index (χ1) is 12.1. The first kappa shape index (κ1) is 18.2. The van der Waals surface area contributed by atoms with Crippen LogP contribution in [-0.4, -0.2) is 71.0 Å². The minimum atomic E-state index is 0.285. The maximum Gasteiger partial charge on any atom is 0.236 e. The van der Waals surface area contributed by atoms with Crippen LogP contribution in [0.5, 0.6) is 5.75 Å². The largest absolute Gasteiger partial charge is 0.508 e. The maximum absolute atomic E-state index is 12.7. The smallest absolute Gasteiger partial charge is 0.236 e. The monoisotopic (exact) mass is 345 g/mol. The van der Waals surface area contributed by atoms with E-state index in [4.69, 9.17) is 0 Å². The van der Waals surface area contributed by atoms with Crippen molar-refractivity contribution in [1.29, 1.82) is 0 Å². The molecule has 0 aliphatic carbocycles. The Hall–Kier alpha value is -1.59. The number of carbonyl (C=O) groups excluding carboxylic acids is 1. The van der Waals surface area contributed by atoms with E-state index in [0.29, 0.717) is 18.3 Å². The van der Waals surface area contributed by atoms with E-state index in [0.717, 1.165) is 51.3 Å². The van der Waals surface area contributed by atoms with Crippen LogP contribution in [0.25, 0.3) is 0 Å². The highest BCUT2D eigenvalue weighted by Crippen LogP contribution is 2.17. The molecule has 2 heterocycles. The van der Waals surface area contributed by atoms with Gasteiger partial charge < -0.3 is 10.0 Å². The van der Waals surface area contributed by atoms with Crippen LogP contribution in [0.15, 0.2) is 24.3 Å². The number of phenols is 1. The van der Waals surface area contributed by atoms with E-state index < -0.39 is 0 Å². The predicted molar refractivity (Wildman–Crippen MR) is 99.5 cm³/mol. The van der Waals surface area contributed by atoms with E-state index >= 15 is 0 Å². The van der Waals surface area contributed by atoms with E-state index in [1.165, 1.54) is 19.3 Å². The molecule has 0 saturated carbocycles. The van der Waals surface area contributed by atoms with Gasteiger partial charge in [0.2, 0.25) is 5.91 Å². The molecule has 0 bridgehead atoms. The quantitative estimate of drug-likeness (QED) is 0.910. The second kappa shape index (κ2) is 8.68. The Morgan fingerprint density at radius 1 is 1.12 bits per heavy atom. The van der Waals surface area contributed by atoms with Gasteiger partial charge in [0.25, 0.3) is 0 Å². The number of nitrogens with zero attached hydrogens (tertiary/aromatic N) is 3. The van der Waals surface area contributed by atoms with E-state index in [9.17, 15) is 9.90 Å². The van der Waals surface area contributed by atoms with Crippen LogP contribution in [0, 0.1) is 0 Å². The number of amides is 1. The Bertz CT molecular complexity index is 578. The van der Waals surface area contributed by atoms with Crippen molar-refractivity contribution in [3.63, 3.8) is 0 Å². The molecule has 25 heavy (non-hydrogen) atoms. The Kier molecular flexibility index (Phi) is 6.32. The van der Waals surface area contributed by atoms with Crippen LogP contribution in [0.3, 0.4) is 0 Å². The van der Waals surface area contributed by atoms with E-state index in [-0.39, 0.29) is 5.91 Å². The number of likely N-dealkylation sites (tertiary alicyclic amines) is 1. The molecule has 1 atom stereocenters. The van der Waals surface area contributed by atoms with E-state index in [1.54, 1.807) is 6.07 Å². The van der Waals surface area contributed by atoms with Crippen molar-refractivity contribution in [1.82, 2.24) is 14.7 Å². The minimum absolute atomic E-state index is 0.285. The van der Waals surface area contributed by atoms with Crippen molar-refractivity contribution in [3.05, 3.63) is 29.8 Å². The van der Waals surface area contributed by atoms with Crippen LogP contribution >= 0.6 is 0 Å². The standard InChI is InChI=1S/C20H31N3O2/c1-17-6-2-3-10-23(17)16-20(25)22-11-5-9-21(12-13-22)15-18-7-4-8-19(24)14-18/h4,7-8,14,17,24H,2-3,5-6,9-13,15-16H2,1H3. The molecule has 5 nitrogen and oxygen atoms in total. The zero-order chi connectivity index (χ0) is 17.6. The fourth-order valence-corrected chi connectivity index (χ4v) is 3.96. The summed E-state index contributed by atoms with van der Waals surface area (Å²) in [4.78, 5) is 19.5. The van der Waals surface area contributed by atoms with Gasteiger partial charge in [-0.3, -0.25) is 14.6 Å². The first-order valence-electron chi connectivity index (χ1n) is 9.64. The van der Waals surface area contributed by atoms with Crippen LogP contribution in [0.4, 0.5) is 0 Å². The maximum atomic E-state index is 12.7. The summed E-state index contributed by atoms with van der Waals surface area (Å²) < 4.78 is 0. The fraction of sp³-hybridized carbons (Fsp3) is 0.650. The number of hydrogen-bond donors (Lipinski definition) is 1. The molecule has 5 heteroatoms. The van der Waals surface area contributed by atoms with E-state index in [1.807, 2.05) is 23.1 Å². The zero-order valence-corrected chi connectivity index (χ0v) is 15.4. The molecule has 3 rings (SSSR count). The van der Waals surface area contributed by atoms with Gasteiger partial charge >= 0.3 is 0 Å². The summed E-state index contributed by atoms with van der Waals surface area (Å²) in [6.45, 7) is 8.28. The van der Waals surface area contributed by atoms with Gasteiger partial charge in [-0.2, -0.15) is 0 Å². The van der Waals surface area contributed by atoms with Crippen LogP contribution in [0.1, 0.15) is 38.2 Å². The van der Waals surface area contributed by atoms with Crippen molar-refractivity contribution in [3.8, 4) is 5.75 Å². The van der Waals surface area contributed by atoms with Crippen molar-refractivity contribution in [2.45, 2.75) is 45.2 Å². The van der Waals surface area contributed by atoms with Crippen LogP contribution < -0.4 is 0 Å². The molecule has 1 aromatic carbocycles. The topological polar surface area (TPSA) is 47.0 Å². The molecule has 1 amide bonds. The normalized spacial score (nSPS) is 23.4. The molecule has 0 aromatic heterocycles. The molecule has 138 valence electrons. The highest BCUT2D eigenvalue weighted by atomic mass is 16.3. The van der Waals surface area contributed by atoms with Gasteiger partial charge in [-0.25, -0.2) is 0 Å². The van der Waals surface area contributed by atoms with E-state index in [2.05, 4.69) is 16.7 Å². The summed E-state index contributed by atoms with van der Waals surface area (Å²) in [6, 6.07) is 8.00. The Morgan fingerprint density at radius 3 is 2.80 bits per heavy atom. The number of phenolic OH excluding ortho intramolecular Hbond substituents is 1.